The lowest BCUT2D eigenvalue weighted by atomic mass is 10.1. The quantitative estimate of drug-likeness (QED) is 0.536. The van der Waals surface area contributed by atoms with Crippen molar-refractivity contribution in [2.45, 2.75) is 33.9 Å². The highest BCUT2D eigenvalue weighted by atomic mass is 35.5. The van der Waals surface area contributed by atoms with Crippen molar-refractivity contribution < 1.29 is 9.59 Å². The van der Waals surface area contributed by atoms with Crippen LogP contribution in [0.4, 0.5) is 5.69 Å². The molecule has 1 atom stereocenters. The van der Waals surface area contributed by atoms with E-state index in [9.17, 15) is 19.2 Å². The summed E-state index contributed by atoms with van der Waals surface area (Å²) in [6.07, 6.45) is 0. The van der Waals surface area contributed by atoms with Crippen LogP contribution in [-0.2, 0) is 17.9 Å². The van der Waals surface area contributed by atoms with Gasteiger partial charge in [-0.15, -0.1) is 0 Å². The number of benzene rings is 2. The zero-order valence-electron chi connectivity index (χ0n) is 19.0. The molecule has 0 aliphatic heterocycles. The van der Waals surface area contributed by atoms with Crippen LogP contribution in [0.1, 0.15) is 36.7 Å². The van der Waals surface area contributed by atoms with Crippen molar-refractivity contribution in [3.8, 4) is 6.07 Å². The van der Waals surface area contributed by atoms with Gasteiger partial charge in [-0.25, -0.2) is 4.79 Å². The second-order valence-electron chi connectivity index (χ2n) is 7.71. The highest BCUT2D eigenvalue weighted by molar-refractivity contribution is 6.32. The molecule has 2 N–H and O–H groups in total. The largest absolute Gasteiger partial charge is 0.351 e. The van der Waals surface area contributed by atoms with Crippen LogP contribution >= 0.6 is 11.6 Å². The Labute approximate surface area is 200 Å². The maximum Gasteiger partial charge on any atom is 0.331 e. The fourth-order valence-corrected chi connectivity index (χ4v) is 3.76. The summed E-state index contributed by atoms with van der Waals surface area (Å²) in [4.78, 5) is 50.3. The van der Waals surface area contributed by atoms with Crippen LogP contribution in [0.5, 0.6) is 0 Å². The van der Waals surface area contributed by atoms with Crippen molar-refractivity contribution in [1.82, 2.24) is 14.5 Å². The standard InChI is InChI=1S/C24H24ClN5O4/c1-4-29-20-9-8-17(11-18(20)23(33)30(5-2)24(29)34)28-21(31)14(3)13-27-22(32)15-6-7-16(12-26)19(25)10-15/h6-11,14H,4-5,13H2,1-3H3,(H,27,32)(H,28,31). The molecule has 1 aromatic heterocycles. The number of halogens is 1. The molecule has 10 heteroatoms. The first-order valence-corrected chi connectivity index (χ1v) is 11.2. The number of anilines is 1. The smallest absolute Gasteiger partial charge is 0.331 e. The van der Waals surface area contributed by atoms with E-state index in [1.54, 1.807) is 32.0 Å². The molecule has 0 radical (unpaired) electrons. The third kappa shape index (κ3) is 4.87. The number of hydrogen-bond acceptors (Lipinski definition) is 5. The summed E-state index contributed by atoms with van der Waals surface area (Å²) in [5.74, 6) is -1.35. The fraction of sp³-hybridized carbons (Fsp3) is 0.292. The van der Waals surface area contributed by atoms with E-state index < -0.39 is 17.4 Å². The van der Waals surface area contributed by atoms with Gasteiger partial charge in [-0.2, -0.15) is 5.26 Å². The van der Waals surface area contributed by atoms with E-state index in [-0.39, 0.29) is 40.8 Å². The van der Waals surface area contributed by atoms with Crippen LogP contribution in [0.15, 0.2) is 46.0 Å². The second kappa shape index (κ2) is 10.4. The predicted molar refractivity (Wildman–Crippen MR) is 130 cm³/mol. The average molecular weight is 482 g/mol. The summed E-state index contributed by atoms with van der Waals surface area (Å²) >= 11 is 5.97. The van der Waals surface area contributed by atoms with E-state index in [0.717, 1.165) is 4.57 Å². The number of nitriles is 1. The number of carbonyl (C=O) groups excluding carboxylic acids is 2. The Morgan fingerprint density at radius 1 is 1.09 bits per heavy atom. The molecular formula is C24H24ClN5O4. The third-order valence-electron chi connectivity index (χ3n) is 5.49. The number of fused-ring (bicyclic) bond motifs is 1. The molecule has 0 saturated carbocycles. The number of amides is 2. The van der Waals surface area contributed by atoms with Gasteiger partial charge in [-0.1, -0.05) is 18.5 Å². The highest BCUT2D eigenvalue weighted by Crippen LogP contribution is 2.18. The molecule has 3 aromatic rings. The van der Waals surface area contributed by atoms with Gasteiger partial charge in [0.1, 0.15) is 6.07 Å². The highest BCUT2D eigenvalue weighted by Gasteiger charge is 2.17. The van der Waals surface area contributed by atoms with Gasteiger partial charge in [0.15, 0.2) is 0 Å². The van der Waals surface area contributed by atoms with Crippen LogP contribution in [0.2, 0.25) is 5.02 Å². The topological polar surface area (TPSA) is 126 Å². The Morgan fingerprint density at radius 2 is 1.79 bits per heavy atom. The lowest BCUT2D eigenvalue weighted by Crippen LogP contribution is -2.39. The molecule has 176 valence electrons. The maximum absolute atomic E-state index is 12.8. The molecule has 1 unspecified atom stereocenters. The minimum absolute atomic E-state index is 0.0634. The zero-order valence-corrected chi connectivity index (χ0v) is 19.8. The van der Waals surface area contributed by atoms with Crippen molar-refractivity contribution >= 4 is 40.0 Å². The maximum atomic E-state index is 12.8. The van der Waals surface area contributed by atoms with E-state index in [1.165, 1.54) is 22.8 Å². The zero-order chi connectivity index (χ0) is 25.0. The van der Waals surface area contributed by atoms with Gasteiger partial charge in [0, 0.05) is 30.9 Å². The second-order valence-corrected chi connectivity index (χ2v) is 8.12. The Morgan fingerprint density at radius 3 is 2.41 bits per heavy atom. The Balaban J connectivity index is 1.73. The van der Waals surface area contributed by atoms with E-state index in [2.05, 4.69) is 10.6 Å². The summed E-state index contributed by atoms with van der Waals surface area (Å²) in [5, 5.41) is 14.9. The lowest BCUT2D eigenvalue weighted by Gasteiger charge is -2.15. The SMILES string of the molecule is CCn1c(=O)c2cc(NC(=O)C(C)CNC(=O)c3ccc(C#N)c(Cl)c3)ccc2n(CC)c1=O. The minimum atomic E-state index is -0.578. The molecule has 0 saturated heterocycles. The molecule has 0 aliphatic carbocycles. The van der Waals surface area contributed by atoms with Crippen LogP contribution in [0.3, 0.4) is 0 Å². The van der Waals surface area contributed by atoms with Gasteiger partial charge >= 0.3 is 5.69 Å². The van der Waals surface area contributed by atoms with Crippen LogP contribution in [0, 0.1) is 17.2 Å². The first-order valence-electron chi connectivity index (χ1n) is 10.8. The predicted octanol–water partition coefficient (Wildman–Crippen LogP) is 2.73. The molecule has 0 spiro atoms. The molecule has 1 heterocycles. The van der Waals surface area contributed by atoms with Crippen molar-refractivity contribution in [1.29, 1.82) is 5.26 Å². The number of nitrogens with zero attached hydrogens (tertiary/aromatic N) is 3. The average Bonchev–Trinajstić information content (AvgIpc) is 2.83. The number of rotatable bonds is 7. The van der Waals surface area contributed by atoms with Gasteiger partial charge in [0.25, 0.3) is 11.5 Å². The number of aryl methyl sites for hydroxylation is 1. The molecule has 2 amide bonds. The van der Waals surface area contributed by atoms with Gasteiger partial charge in [-0.3, -0.25) is 23.5 Å². The van der Waals surface area contributed by atoms with Crippen molar-refractivity contribution in [2.75, 3.05) is 11.9 Å². The molecule has 3 rings (SSSR count). The first kappa shape index (κ1) is 24.7. The molecule has 0 fully saturated rings. The first-order chi connectivity index (χ1) is 16.2. The van der Waals surface area contributed by atoms with Crippen LogP contribution in [0.25, 0.3) is 10.9 Å². The fourth-order valence-electron chi connectivity index (χ4n) is 3.54. The number of hydrogen-bond donors (Lipinski definition) is 2. The third-order valence-corrected chi connectivity index (χ3v) is 5.81. The minimum Gasteiger partial charge on any atom is -0.351 e. The Kier molecular flexibility index (Phi) is 7.54. The Hall–Kier alpha value is -3.90. The summed E-state index contributed by atoms with van der Waals surface area (Å²) in [6.45, 7) is 5.91. The van der Waals surface area contributed by atoms with Crippen LogP contribution < -0.4 is 21.9 Å². The van der Waals surface area contributed by atoms with Crippen molar-refractivity contribution in [3.63, 3.8) is 0 Å². The lowest BCUT2D eigenvalue weighted by molar-refractivity contribution is -0.119. The molecule has 9 nitrogen and oxygen atoms in total. The summed E-state index contributed by atoms with van der Waals surface area (Å²) < 4.78 is 2.67. The van der Waals surface area contributed by atoms with E-state index in [1.807, 2.05) is 13.0 Å². The normalized spacial score (nSPS) is 11.6. The molecule has 34 heavy (non-hydrogen) atoms. The van der Waals surface area contributed by atoms with Gasteiger partial charge in [-0.05, 0) is 50.2 Å². The van der Waals surface area contributed by atoms with Gasteiger partial charge in [0.2, 0.25) is 5.91 Å². The van der Waals surface area contributed by atoms with Crippen molar-refractivity contribution in [3.05, 3.63) is 73.4 Å². The van der Waals surface area contributed by atoms with Crippen molar-refractivity contribution in [2.24, 2.45) is 5.92 Å². The summed E-state index contributed by atoms with van der Waals surface area (Å²) in [6, 6.07) is 11.1. The monoisotopic (exact) mass is 481 g/mol. The van der Waals surface area contributed by atoms with E-state index in [4.69, 9.17) is 16.9 Å². The molecule has 0 aliphatic rings. The summed E-state index contributed by atoms with van der Waals surface area (Å²) in [7, 11) is 0. The van der Waals surface area contributed by atoms with Gasteiger partial charge < -0.3 is 10.6 Å². The summed E-state index contributed by atoms with van der Waals surface area (Å²) in [5.41, 5.74) is 0.678. The van der Waals surface area contributed by atoms with E-state index >= 15 is 0 Å². The molecule has 0 bridgehead atoms. The molecular weight excluding hydrogens is 458 g/mol. The van der Waals surface area contributed by atoms with E-state index in [0.29, 0.717) is 23.1 Å². The number of carbonyl (C=O) groups is 2. The number of nitrogens with one attached hydrogen (secondary N) is 2. The Bertz CT molecular complexity index is 1430. The van der Waals surface area contributed by atoms with Crippen LogP contribution in [-0.4, -0.2) is 27.5 Å². The number of aromatic nitrogens is 2. The van der Waals surface area contributed by atoms with Gasteiger partial charge in [0.05, 0.1) is 27.4 Å². The molecule has 2 aromatic carbocycles.